The molecule has 2 N–H and O–H groups in total. The van der Waals surface area contributed by atoms with Gasteiger partial charge in [0, 0.05) is 23.7 Å². The number of hydrogen-bond acceptors (Lipinski definition) is 6. The van der Waals surface area contributed by atoms with Crippen molar-refractivity contribution < 1.29 is 23.9 Å². The third-order valence-electron chi connectivity index (χ3n) is 7.63. The Morgan fingerprint density at radius 1 is 1.05 bits per heavy atom. The largest absolute Gasteiger partial charge is 0.493 e. The summed E-state index contributed by atoms with van der Waals surface area (Å²) in [6, 6.07) is 14.4. The van der Waals surface area contributed by atoms with E-state index in [1.54, 1.807) is 29.3 Å². The zero-order chi connectivity index (χ0) is 26.4. The van der Waals surface area contributed by atoms with E-state index in [0.717, 1.165) is 19.3 Å². The molecule has 196 valence electrons. The first-order chi connectivity index (χ1) is 17.9. The van der Waals surface area contributed by atoms with Gasteiger partial charge in [0.2, 0.25) is 17.5 Å². The molecule has 7 nitrogen and oxygen atoms in total. The Bertz CT molecular complexity index is 1160. The first kappa shape index (κ1) is 26.6. The van der Waals surface area contributed by atoms with E-state index in [2.05, 4.69) is 12.1 Å². The number of hydrogen-bond donors (Lipinski definition) is 1. The fourth-order valence-corrected chi connectivity index (χ4v) is 5.28. The Balaban J connectivity index is 1.44. The molecule has 3 unspecified atom stereocenters. The third-order valence-corrected chi connectivity index (χ3v) is 7.63. The van der Waals surface area contributed by atoms with Crippen molar-refractivity contribution in [1.29, 1.82) is 0 Å². The fraction of sp³-hybridized carbons (Fsp3) is 0.433. The highest BCUT2D eigenvalue weighted by molar-refractivity contribution is 6.46. The maximum atomic E-state index is 13.5. The summed E-state index contributed by atoms with van der Waals surface area (Å²) in [6.07, 6.45) is 8.72. The second-order valence-corrected chi connectivity index (χ2v) is 10.0. The number of Topliss-reactive ketones (excluding diaryl/α,β-unsaturated/α-hetero) is 2. The van der Waals surface area contributed by atoms with Crippen molar-refractivity contribution in [2.75, 3.05) is 20.8 Å². The van der Waals surface area contributed by atoms with Gasteiger partial charge >= 0.3 is 0 Å². The predicted octanol–water partition coefficient (Wildman–Crippen LogP) is 4.34. The van der Waals surface area contributed by atoms with Crippen LogP contribution in [0.1, 0.15) is 54.4 Å². The third kappa shape index (κ3) is 5.93. The quantitative estimate of drug-likeness (QED) is 0.294. The van der Waals surface area contributed by atoms with E-state index < -0.39 is 17.2 Å². The number of nitrogens with two attached hydrogens (primary N) is 1. The molecule has 0 saturated heterocycles. The first-order valence-electron chi connectivity index (χ1n) is 13.0. The second kappa shape index (κ2) is 11.7. The van der Waals surface area contributed by atoms with Crippen molar-refractivity contribution in [3.63, 3.8) is 0 Å². The Labute approximate surface area is 218 Å². The molecular weight excluding hydrogens is 468 g/mol. The molecule has 1 fully saturated rings. The van der Waals surface area contributed by atoms with Crippen molar-refractivity contribution in [3.8, 4) is 11.5 Å². The molecule has 2 aromatic rings. The summed E-state index contributed by atoms with van der Waals surface area (Å²) in [5, 5.41) is 0. The lowest BCUT2D eigenvalue weighted by molar-refractivity contribution is -0.130. The Hall–Kier alpha value is -3.45. The minimum atomic E-state index is -0.736. The number of fused-ring (bicyclic) bond motifs is 1. The Morgan fingerprint density at radius 3 is 2.54 bits per heavy atom. The molecule has 1 aliphatic carbocycles. The summed E-state index contributed by atoms with van der Waals surface area (Å²) in [7, 11) is 3.01. The van der Waals surface area contributed by atoms with Gasteiger partial charge in [-0.1, -0.05) is 42.8 Å². The van der Waals surface area contributed by atoms with E-state index in [1.165, 1.54) is 19.8 Å². The summed E-state index contributed by atoms with van der Waals surface area (Å²) >= 11 is 0. The van der Waals surface area contributed by atoms with Crippen LogP contribution < -0.4 is 15.2 Å². The standard InChI is InChI=1S/C30H36N2O5/c1-36-25-14-13-22(19-26(25)37-2)27(33)28(34)30-16-8-12-24(31)29(35)32(18-15-23(30)20-30)17-7-6-11-21-9-4-3-5-10-21/h3-5,9-10,13-15,18-19,23-24H,6-8,11-12,16-17,20,31H2,1-2H3/b18-15-. The number of methoxy groups -OCH3 is 2. The number of carbonyl (C=O) groups excluding carboxylic acids is 3. The number of carbonyl (C=O) groups is 3. The number of ketones is 2. The van der Waals surface area contributed by atoms with Crippen LogP contribution >= 0.6 is 0 Å². The van der Waals surface area contributed by atoms with Crippen molar-refractivity contribution in [3.05, 3.63) is 71.9 Å². The highest BCUT2D eigenvalue weighted by Gasteiger charge is 2.59. The molecule has 1 saturated carbocycles. The minimum absolute atomic E-state index is 0.0713. The van der Waals surface area contributed by atoms with E-state index in [4.69, 9.17) is 15.2 Å². The average Bonchev–Trinajstić information content (AvgIpc) is 3.65. The zero-order valence-electron chi connectivity index (χ0n) is 21.7. The van der Waals surface area contributed by atoms with Gasteiger partial charge in [-0.05, 0) is 68.2 Å². The summed E-state index contributed by atoms with van der Waals surface area (Å²) < 4.78 is 10.5. The molecule has 2 aromatic carbocycles. The second-order valence-electron chi connectivity index (χ2n) is 10.0. The van der Waals surface area contributed by atoms with Crippen molar-refractivity contribution in [2.24, 2.45) is 17.1 Å². The van der Waals surface area contributed by atoms with Gasteiger partial charge in [0.15, 0.2) is 11.5 Å². The molecule has 37 heavy (non-hydrogen) atoms. The molecule has 0 bridgehead atoms. The SMILES string of the molecule is COc1ccc(C(=O)C(=O)C23CCCC(N)C(=O)N(CCCCc4ccccc4)/C=C\C2C3)cc1OC. The average molecular weight is 505 g/mol. The van der Waals surface area contributed by atoms with Crippen molar-refractivity contribution in [2.45, 2.75) is 51.0 Å². The molecule has 0 aromatic heterocycles. The molecule has 7 heteroatoms. The van der Waals surface area contributed by atoms with Gasteiger partial charge in [0.1, 0.15) is 0 Å². The van der Waals surface area contributed by atoms with Crippen LogP contribution in [0.5, 0.6) is 11.5 Å². The number of allylic oxidation sites excluding steroid dienone is 1. The smallest absolute Gasteiger partial charge is 0.243 e. The van der Waals surface area contributed by atoms with E-state index in [-0.39, 0.29) is 23.2 Å². The van der Waals surface area contributed by atoms with Crippen molar-refractivity contribution in [1.82, 2.24) is 4.90 Å². The molecule has 1 amide bonds. The molecule has 1 heterocycles. The van der Waals surface area contributed by atoms with Crippen LogP contribution in [-0.4, -0.2) is 49.2 Å². The monoisotopic (exact) mass is 504 g/mol. The summed E-state index contributed by atoms with van der Waals surface area (Å²) in [4.78, 5) is 41.4. The molecule has 4 rings (SSSR count). The van der Waals surface area contributed by atoms with Crippen LogP contribution in [0.2, 0.25) is 0 Å². The van der Waals surface area contributed by atoms with Crippen LogP contribution in [-0.2, 0) is 16.0 Å². The normalized spacial score (nSPS) is 24.1. The van der Waals surface area contributed by atoms with Gasteiger partial charge in [-0.25, -0.2) is 0 Å². The molecular formula is C30H36N2O5. The Morgan fingerprint density at radius 2 is 1.81 bits per heavy atom. The highest BCUT2D eigenvalue weighted by Crippen LogP contribution is 2.58. The first-order valence-corrected chi connectivity index (χ1v) is 13.0. The lowest BCUT2D eigenvalue weighted by Gasteiger charge is -2.24. The lowest BCUT2D eigenvalue weighted by atomic mass is 9.86. The van der Waals surface area contributed by atoms with Crippen LogP contribution in [0.25, 0.3) is 0 Å². The number of benzene rings is 2. The van der Waals surface area contributed by atoms with Gasteiger partial charge in [-0.15, -0.1) is 0 Å². The zero-order valence-corrected chi connectivity index (χ0v) is 21.7. The minimum Gasteiger partial charge on any atom is -0.493 e. The number of aryl methyl sites for hydroxylation is 1. The molecule has 2 aliphatic rings. The number of amides is 1. The van der Waals surface area contributed by atoms with Gasteiger partial charge in [-0.3, -0.25) is 14.4 Å². The van der Waals surface area contributed by atoms with Gasteiger partial charge < -0.3 is 20.1 Å². The summed E-state index contributed by atoms with van der Waals surface area (Å²) in [6.45, 7) is 0.577. The summed E-state index contributed by atoms with van der Waals surface area (Å²) in [5.41, 5.74) is 7.07. The van der Waals surface area contributed by atoms with Gasteiger partial charge in [0.25, 0.3) is 0 Å². The number of ether oxygens (including phenoxy) is 2. The fourth-order valence-electron chi connectivity index (χ4n) is 5.28. The van der Waals surface area contributed by atoms with Crippen LogP contribution in [0.3, 0.4) is 0 Å². The topological polar surface area (TPSA) is 98.9 Å². The lowest BCUT2D eigenvalue weighted by Crippen LogP contribution is -2.42. The van der Waals surface area contributed by atoms with E-state index in [9.17, 15) is 14.4 Å². The number of unbranched alkanes of at least 4 members (excludes halogenated alkanes) is 1. The molecule has 1 aliphatic heterocycles. The van der Waals surface area contributed by atoms with Gasteiger partial charge in [-0.2, -0.15) is 0 Å². The van der Waals surface area contributed by atoms with Crippen molar-refractivity contribution >= 4 is 17.5 Å². The molecule has 3 atom stereocenters. The van der Waals surface area contributed by atoms with E-state index >= 15 is 0 Å². The highest BCUT2D eigenvalue weighted by atomic mass is 16.5. The van der Waals surface area contributed by atoms with E-state index in [0.29, 0.717) is 43.7 Å². The Kier molecular flexibility index (Phi) is 8.44. The van der Waals surface area contributed by atoms with Crippen LogP contribution in [0.15, 0.2) is 60.8 Å². The van der Waals surface area contributed by atoms with E-state index in [1.807, 2.05) is 24.3 Å². The molecule has 0 radical (unpaired) electrons. The maximum Gasteiger partial charge on any atom is 0.243 e. The molecule has 0 spiro atoms. The predicted molar refractivity (Wildman–Crippen MR) is 141 cm³/mol. The number of rotatable bonds is 10. The summed E-state index contributed by atoms with van der Waals surface area (Å²) in [5.74, 6) is -0.159. The van der Waals surface area contributed by atoms with Crippen LogP contribution in [0, 0.1) is 11.3 Å². The maximum absolute atomic E-state index is 13.5. The van der Waals surface area contributed by atoms with Crippen LogP contribution in [0.4, 0.5) is 0 Å². The number of nitrogens with zero attached hydrogens (tertiary/aromatic N) is 1. The van der Waals surface area contributed by atoms with Gasteiger partial charge in [0.05, 0.1) is 20.3 Å².